The summed E-state index contributed by atoms with van der Waals surface area (Å²) in [5, 5.41) is 9.37. The molecule has 0 aromatic carbocycles. The Morgan fingerprint density at radius 3 is 2.27 bits per heavy atom. The minimum Gasteiger partial charge on any atom is -0.393 e. The van der Waals surface area contributed by atoms with Gasteiger partial charge in [0, 0.05) is 13.1 Å². The van der Waals surface area contributed by atoms with E-state index in [4.69, 9.17) is 0 Å². The molecule has 0 atom stereocenters. The largest absolute Gasteiger partial charge is 0.393 e. The van der Waals surface area contributed by atoms with Crippen LogP contribution >= 0.6 is 0 Å². The minimum absolute atomic E-state index is 0.0224. The number of rotatable bonds is 7. The van der Waals surface area contributed by atoms with Crippen LogP contribution in [-0.4, -0.2) is 35.7 Å². The Bertz CT molecular complexity index is 141. The molecule has 90 valence electrons. The van der Waals surface area contributed by atoms with Crippen molar-refractivity contribution in [3.05, 3.63) is 0 Å². The van der Waals surface area contributed by atoms with Crippen molar-refractivity contribution in [2.24, 2.45) is 0 Å². The topological polar surface area (TPSA) is 23.5 Å². The van der Waals surface area contributed by atoms with E-state index in [1.165, 1.54) is 45.1 Å². The molecule has 0 bridgehead atoms. The summed E-state index contributed by atoms with van der Waals surface area (Å²) in [6.45, 7) is 5.73. The predicted molar refractivity (Wildman–Crippen MR) is 65.1 cm³/mol. The van der Waals surface area contributed by atoms with Crippen molar-refractivity contribution in [1.29, 1.82) is 0 Å². The number of likely N-dealkylation sites (tertiary alicyclic amines) is 1. The van der Waals surface area contributed by atoms with Crippen LogP contribution in [-0.2, 0) is 0 Å². The Hall–Kier alpha value is -0.0800. The molecule has 1 rings (SSSR count). The lowest BCUT2D eigenvalue weighted by atomic mass is 10.1. The first kappa shape index (κ1) is 13.0. The monoisotopic (exact) mass is 213 g/mol. The highest BCUT2D eigenvalue weighted by molar-refractivity contribution is 4.70. The summed E-state index contributed by atoms with van der Waals surface area (Å²) < 4.78 is 0. The van der Waals surface area contributed by atoms with Crippen LogP contribution < -0.4 is 0 Å². The second-order valence-corrected chi connectivity index (χ2v) is 4.84. The van der Waals surface area contributed by atoms with E-state index in [2.05, 4.69) is 11.8 Å². The van der Waals surface area contributed by atoms with E-state index in [-0.39, 0.29) is 6.10 Å². The van der Waals surface area contributed by atoms with Gasteiger partial charge in [0.25, 0.3) is 0 Å². The third kappa shape index (κ3) is 6.16. The van der Waals surface area contributed by atoms with Crippen molar-refractivity contribution in [3.63, 3.8) is 0 Å². The maximum Gasteiger partial charge on any atom is 0.0564 e. The zero-order valence-corrected chi connectivity index (χ0v) is 10.2. The van der Waals surface area contributed by atoms with Crippen LogP contribution in [0.2, 0.25) is 0 Å². The van der Waals surface area contributed by atoms with Gasteiger partial charge in [0.05, 0.1) is 6.10 Å². The highest BCUT2D eigenvalue weighted by atomic mass is 16.3. The Balaban J connectivity index is 1.87. The summed E-state index contributed by atoms with van der Waals surface area (Å²) in [4.78, 5) is 2.51. The van der Waals surface area contributed by atoms with E-state index in [0.717, 1.165) is 25.9 Å². The maximum atomic E-state index is 9.37. The molecule has 15 heavy (non-hydrogen) atoms. The summed E-state index contributed by atoms with van der Waals surface area (Å²) in [7, 11) is 0. The molecule has 0 aromatic heterocycles. The summed E-state index contributed by atoms with van der Waals surface area (Å²) >= 11 is 0. The van der Waals surface area contributed by atoms with E-state index in [9.17, 15) is 5.11 Å². The van der Waals surface area contributed by atoms with Gasteiger partial charge in [0.2, 0.25) is 0 Å². The molecule has 1 aliphatic rings. The maximum absolute atomic E-state index is 9.37. The van der Waals surface area contributed by atoms with E-state index in [0.29, 0.717) is 0 Å². The average Bonchev–Trinajstić information content (AvgIpc) is 2.26. The van der Waals surface area contributed by atoms with Crippen molar-refractivity contribution in [1.82, 2.24) is 4.90 Å². The molecule has 1 heterocycles. The summed E-state index contributed by atoms with van der Waals surface area (Å²) in [5.74, 6) is 0. The van der Waals surface area contributed by atoms with E-state index in [1.54, 1.807) is 0 Å². The molecule has 0 amide bonds. The van der Waals surface area contributed by atoms with Crippen LogP contribution in [0.15, 0.2) is 0 Å². The summed E-state index contributed by atoms with van der Waals surface area (Å²) in [6.07, 6.45) is 10.2. The van der Waals surface area contributed by atoms with Crippen LogP contribution in [0.25, 0.3) is 0 Å². The molecule has 0 aromatic rings. The molecule has 0 radical (unpaired) electrons. The van der Waals surface area contributed by atoms with E-state index < -0.39 is 0 Å². The summed E-state index contributed by atoms with van der Waals surface area (Å²) in [6, 6.07) is 0. The van der Waals surface area contributed by atoms with Gasteiger partial charge >= 0.3 is 0 Å². The number of unbranched alkanes of at least 4 members (excludes halogenated alkanes) is 5. The van der Waals surface area contributed by atoms with Crippen molar-refractivity contribution >= 4 is 0 Å². The third-order valence-corrected chi connectivity index (χ3v) is 3.38. The molecule has 1 N–H and O–H groups in total. The van der Waals surface area contributed by atoms with Gasteiger partial charge in [-0.15, -0.1) is 0 Å². The van der Waals surface area contributed by atoms with Crippen LogP contribution in [0.1, 0.15) is 58.3 Å². The highest BCUT2D eigenvalue weighted by Gasteiger charge is 2.15. The Morgan fingerprint density at radius 2 is 1.60 bits per heavy atom. The molecule has 0 aliphatic carbocycles. The van der Waals surface area contributed by atoms with Gasteiger partial charge in [0.15, 0.2) is 0 Å². The van der Waals surface area contributed by atoms with Crippen molar-refractivity contribution in [2.45, 2.75) is 64.4 Å². The normalized spacial score (nSPS) is 19.6. The highest BCUT2D eigenvalue weighted by Crippen LogP contribution is 2.11. The zero-order chi connectivity index (χ0) is 10.9. The summed E-state index contributed by atoms with van der Waals surface area (Å²) in [5.41, 5.74) is 0. The number of aliphatic hydroxyl groups excluding tert-OH is 1. The third-order valence-electron chi connectivity index (χ3n) is 3.38. The van der Waals surface area contributed by atoms with Gasteiger partial charge < -0.3 is 10.0 Å². The fourth-order valence-electron chi connectivity index (χ4n) is 2.26. The molecule has 0 spiro atoms. The van der Waals surface area contributed by atoms with E-state index >= 15 is 0 Å². The lowest BCUT2D eigenvalue weighted by molar-refractivity contribution is 0.0817. The van der Waals surface area contributed by atoms with Gasteiger partial charge in [-0.05, 0) is 25.8 Å². The fourth-order valence-corrected chi connectivity index (χ4v) is 2.26. The van der Waals surface area contributed by atoms with Crippen molar-refractivity contribution in [2.75, 3.05) is 19.6 Å². The number of hydrogen-bond acceptors (Lipinski definition) is 2. The Kier molecular flexibility index (Phi) is 7.03. The van der Waals surface area contributed by atoms with Gasteiger partial charge in [-0.25, -0.2) is 0 Å². The first-order valence-electron chi connectivity index (χ1n) is 6.73. The number of piperidine rings is 1. The minimum atomic E-state index is -0.0224. The molecule has 0 unspecified atom stereocenters. The average molecular weight is 213 g/mol. The lowest BCUT2D eigenvalue weighted by Gasteiger charge is -2.29. The number of hydrogen-bond donors (Lipinski definition) is 1. The molecule has 1 fully saturated rings. The van der Waals surface area contributed by atoms with Crippen molar-refractivity contribution < 1.29 is 5.11 Å². The SMILES string of the molecule is CCCCCCCCN1CCC(O)CC1. The fraction of sp³-hybridized carbons (Fsp3) is 1.00. The molecule has 2 heteroatoms. The van der Waals surface area contributed by atoms with Gasteiger partial charge in [-0.3, -0.25) is 0 Å². The van der Waals surface area contributed by atoms with Crippen LogP contribution in [0.4, 0.5) is 0 Å². The standard InChI is InChI=1S/C13H27NO/c1-2-3-4-5-6-7-10-14-11-8-13(15)9-12-14/h13,15H,2-12H2,1H3. The van der Waals surface area contributed by atoms with Gasteiger partial charge in [0.1, 0.15) is 0 Å². The lowest BCUT2D eigenvalue weighted by Crippen LogP contribution is -2.36. The number of aliphatic hydroxyl groups is 1. The first-order chi connectivity index (χ1) is 7.33. The van der Waals surface area contributed by atoms with Crippen LogP contribution in [0.5, 0.6) is 0 Å². The van der Waals surface area contributed by atoms with E-state index in [1.807, 2.05) is 0 Å². The zero-order valence-electron chi connectivity index (χ0n) is 10.2. The second-order valence-electron chi connectivity index (χ2n) is 4.84. The quantitative estimate of drug-likeness (QED) is 0.657. The molecule has 1 aliphatic heterocycles. The molecule has 2 nitrogen and oxygen atoms in total. The molecule has 0 saturated carbocycles. The molecular weight excluding hydrogens is 186 g/mol. The van der Waals surface area contributed by atoms with Gasteiger partial charge in [-0.2, -0.15) is 0 Å². The van der Waals surface area contributed by atoms with Crippen molar-refractivity contribution in [3.8, 4) is 0 Å². The first-order valence-corrected chi connectivity index (χ1v) is 6.73. The second kappa shape index (κ2) is 8.12. The Morgan fingerprint density at radius 1 is 1.00 bits per heavy atom. The van der Waals surface area contributed by atoms with Gasteiger partial charge in [-0.1, -0.05) is 39.0 Å². The predicted octanol–water partition coefficient (Wildman–Crippen LogP) is 2.80. The number of nitrogens with zero attached hydrogens (tertiary/aromatic N) is 1. The molecular formula is C13H27NO. The van der Waals surface area contributed by atoms with Crippen LogP contribution in [0.3, 0.4) is 0 Å². The van der Waals surface area contributed by atoms with Crippen LogP contribution in [0, 0.1) is 0 Å². The smallest absolute Gasteiger partial charge is 0.0564 e. The Labute approximate surface area is 94.7 Å². The molecule has 1 saturated heterocycles.